The highest BCUT2D eigenvalue weighted by molar-refractivity contribution is 5.86. The molecule has 1 aliphatic heterocycles. The van der Waals surface area contributed by atoms with Gasteiger partial charge in [0.25, 0.3) is 0 Å². The van der Waals surface area contributed by atoms with Crippen molar-refractivity contribution in [3.8, 4) is 0 Å². The molecule has 0 spiro atoms. The Bertz CT molecular complexity index is 162. The Labute approximate surface area is 67.6 Å². The quantitative estimate of drug-likeness (QED) is 0.558. The van der Waals surface area contributed by atoms with Crippen molar-refractivity contribution in [3.63, 3.8) is 0 Å². The molecule has 0 aromatic rings. The molecule has 1 saturated carbocycles. The molecule has 1 aliphatic carbocycles. The second-order valence-corrected chi connectivity index (χ2v) is 3.73. The first-order valence-corrected chi connectivity index (χ1v) is 4.57. The molecule has 0 amide bonds. The third kappa shape index (κ3) is 1.09. The SMILES string of the molecule is CCN1C[C@H]2CC[C@@H](C1)C2=O. The Morgan fingerprint density at radius 3 is 2.36 bits per heavy atom. The van der Waals surface area contributed by atoms with Gasteiger partial charge >= 0.3 is 0 Å². The molecule has 62 valence electrons. The molecule has 2 bridgehead atoms. The van der Waals surface area contributed by atoms with Gasteiger partial charge in [0, 0.05) is 24.9 Å². The fraction of sp³-hybridized carbons (Fsp3) is 0.889. The predicted molar refractivity (Wildman–Crippen MR) is 43.3 cm³/mol. The van der Waals surface area contributed by atoms with Gasteiger partial charge in [-0.15, -0.1) is 0 Å². The monoisotopic (exact) mass is 153 g/mol. The Morgan fingerprint density at radius 1 is 1.36 bits per heavy atom. The summed E-state index contributed by atoms with van der Waals surface area (Å²) in [6, 6.07) is 0. The average molecular weight is 153 g/mol. The lowest BCUT2D eigenvalue weighted by Gasteiger charge is -2.29. The fourth-order valence-electron chi connectivity index (χ4n) is 2.34. The van der Waals surface area contributed by atoms with E-state index in [1.807, 2.05) is 0 Å². The number of rotatable bonds is 1. The molecule has 2 heteroatoms. The van der Waals surface area contributed by atoms with E-state index in [9.17, 15) is 4.79 Å². The first kappa shape index (κ1) is 7.29. The van der Waals surface area contributed by atoms with Crippen LogP contribution in [0.2, 0.25) is 0 Å². The summed E-state index contributed by atoms with van der Waals surface area (Å²) in [5.74, 6) is 1.34. The van der Waals surface area contributed by atoms with Crippen molar-refractivity contribution in [2.75, 3.05) is 19.6 Å². The van der Waals surface area contributed by atoms with Crippen LogP contribution in [0.15, 0.2) is 0 Å². The molecule has 0 unspecified atom stereocenters. The number of nitrogens with zero attached hydrogens (tertiary/aromatic N) is 1. The maximum Gasteiger partial charge on any atom is 0.141 e. The summed E-state index contributed by atoms with van der Waals surface area (Å²) in [7, 11) is 0. The molecule has 1 saturated heterocycles. The van der Waals surface area contributed by atoms with E-state index in [1.165, 1.54) is 0 Å². The smallest absolute Gasteiger partial charge is 0.141 e. The molecule has 2 rings (SSSR count). The van der Waals surface area contributed by atoms with Crippen molar-refractivity contribution < 1.29 is 4.79 Å². The largest absolute Gasteiger partial charge is 0.302 e. The molecule has 2 nitrogen and oxygen atoms in total. The minimum absolute atomic E-state index is 0.397. The number of carbonyl (C=O) groups is 1. The van der Waals surface area contributed by atoms with Crippen molar-refractivity contribution >= 4 is 5.78 Å². The molecule has 1 heterocycles. The standard InChI is InChI=1S/C9H15NO/c1-2-10-5-7-3-4-8(6-10)9(7)11/h7-8H,2-6H2,1H3/t7-,8+. The van der Waals surface area contributed by atoms with Crippen LogP contribution in [0.25, 0.3) is 0 Å². The topological polar surface area (TPSA) is 20.3 Å². The Morgan fingerprint density at radius 2 is 1.91 bits per heavy atom. The minimum Gasteiger partial charge on any atom is -0.302 e. The fourth-order valence-corrected chi connectivity index (χ4v) is 2.34. The lowest BCUT2D eigenvalue weighted by molar-refractivity contribution is -0.127. The van der Waals surface area contributed by atoms with Crippen molar-refractivity contribution in [2.24, 2.45) is 11.8 Å². The first-order chi connectivity index (χ1) is 5.31. The van der Waals surface area contributed by atoms with E-state index in [0.717, 1.165) is 32.5 Å². The maximum atomic E-state index is 11.4. The molecule has 0 radical (unpaired) electrons. The van der Waals surface area contributed by atoms with Gasteiger partial charge in [-0.05, 0) is 19.4 Å². The molecule has 2 aliphatic rings. The van der Waals surface area contributed by atoms with Crippen LogP contribution in [0.5, 0.6) is 0 Å². The zero-order valence-electron chi connectivity index (χ0n) is 7.05. The number of Topliss-reactive ketones (excluding diaryl/α,β-unsaturated/α-hetero) is 1. The van der Waals surface area contributed by atoms with Crippen LogP contribution < -0.4 is 0 Å². The number of ketones is 1. The van der Waals surface area contributed by atoms with Gasteiger partial charge in [0.1, 0.15) is 5.78 Å². The van der Waals surface area contributed by atoms with Gasteiger partial charge in [-0.3, -0.25) is 4.79 Å². The lowest BCUT2D eigenvalue weighted by atomic mass is 9.97. The van der Waals surface area contributed by atoms with Crippen LogP contribution in [-0.2, 0) is 4.79 Å². The summed E-state index contributed by atoms with van der Waals surface area (Å²) >= 11 is 0. The summed E-state index contributed by atoms with van der Waals surface area (Å²) < 4.78 is 0. The molecule has 2 fully saturated rings. The molecular formula is C9H15NO. The molecule has 2 atom stereocenters. The molecule has 11 heavy (non-hydrogen) atoms. The van der Waals surface area contributed by atoms with E-state index < -0.39 is 0 Å². The average Bonchev–Trinajstić information content (AvgIpc) is 2.26. The van der Waals surface area contributed by atoms with Crippen LogP contribution in [0, 0.1) is 11.8 Å². The van der Waals surface area contributed by atoms with Gasteiger partial charge in [0.05, 0.1) is 0 Å². The van der Waals surface area contributed by atoms with Gasteiger partial charge in [-0.2, -0.15) is 0 Å². The van der Waals surface area contributed by atoms with E-state index in [2.05, 4.69) is 11.8 Å². The number of hydrogen-bond donors (Lipinski definition) is 0. The highest BCUT2D eigenvalue weighted by Gasteiger charge is 2.39. The van der Waals surface area contributed by atoms with E-state index in [1.54, 1.807) is 0 Å². The predicted octanol–water partition coefficient (Wildman–Crippen LogP) is 0.917. The van der Waals surface area contributed by atoms with E-state index >= 15 is 0 Å². The van der Waals surface area contributed by atoms with E-state index in [0.29, 0.717) is 17.6 Å². The van der Waals surface area contributed by atoms with Crippen molar-refractivity contribution in [1.82, 2.24) is 4.90 Å². The first-order valence-electron chi connectivity index (χ1n) is 4.57. The highest BCUT2D eigenvalue weighted by Crippen LogP contribution is 2.32. The maximum absolute atomic E-state index is 11.4. The van der Waals surface area contributed by atoms with Crippen LogP contribution in [0.3, 0.4) is 0 Å². The summed E-state index contributed by atoms with van der Waals surface area (Å²) in [5.41, 5.74) is 0. The van der Waals surface area contributed by atoms with Crippen molar-refractivity contribution in [2.45, 2.75) is 19.8 Å². The molecule has 0 aromatic carbocycles. The number of piperidine rings is 1. The van der Waals surface area contributed by atoms with E-state index in [4.69, 9.17) is 0 Å². The third-order valence-corrected chi connectivity index (χ3v) is 3.07. The van der Waals surface area contributed by atoms with Gasteiger partial charge in [0.2, 0.25) is 0 Å². The van der Waals surface area contributed by atoms with Crippen LogP contribution in [-0.4, -0.2) is 30.3 Å². The van der Waals surface area contributed by atoms with E-state index in [-0.39, 0.29) is 0 Å². The molecular weight excluding hydrogens is 138 g/mol. The van der Waals surface area contributed by atoms with Crippen LogP contribution in [0.1, 0.15) is 19.8 Å². The Balaban J connectivity index is 2.08. The van der Waals surface area contributed by atoms with Crippen LogP contribution in [0.4, 0.5) is 0 Å². The van der Waals surface area contributed by atoms with Crippen LogP contribution >= 0.6 is 0 Å². The second-order valence-electron chi connectivity index (χ2n) is 3.73. The number of likely N-dealkylation sites (tertiary alicyclic amines) is 1. The zero-order valence-corrected chi connectivity index (χ0v) is 7.05. The van der Waals surface area contributed by atoms with Gasteiger partial charge in [-0.1, -0.05) is 6.92 Å². The second kappa shape index (κ2) is 2.59. The minimum atomic E-state index is 0.397. The number of fused-ring (bicyclic) bond motifs is 2. The molecule has 0 N–H and O–H groups in total. The zero-order chi connectivity index (χ0) is 7.84. The van der Waals surface area contributed by atoms with Gasteiger partial charge < -0.3 is 4.90 Å². The Kier molecular flexibility index (Phi) is 1.72. The summed E-state index contributed by atoms with van der Waals surface area (Å²) in [4.78, 5) is 13.8. The number of hydrogen-bond acceptors (Lipinski definition) is 2. The van der Waals surface area contributed by atoms with Gasteiger partial charge in [0.15, 0.2) is 0 Å². The van der Waals surface area contributed by atoms with Gasteiger partial charge in [-0.25, -0.2) is 0 Å². The lowest BCUT2D eigenvalue weighted by Crippen LogP contribution is -2.41. The highest BCUT2D eigenvalue weighted by atomic mass is 16.1. The molecule has 0 aromatic heterocycles. The Hall–Kier alpha value is -0.370. The summed E-state index contributed by atoms with van der Waals surface area (Å²) in [6.07, 6.45) is 2.31. The summed E-state index contributed by atoms with van der Waals surface area (Å²) in [5, 5.41) is 0. The number of carbonyl (C=O) groups excluding carboxylic acids is 1. The van der Waals surface area contributed by atoms with Crippen molar-refractivity contribution in [3.05, 3.63) is 0 Å². The third-order valence-electron chi connectivity index (χ3n) is 3.07. The normalized spacial score (nSPS) is 38.1. The van der Waals surface area contributed by atoms with Crippen molar-refractivity contribution in [1.29, 1.82) is 0 Å². The summed E-state index contributed by atoms with van der Waals surface area (Å²) in [6.45, 7) is 5.35.